The van der Waals surface area contributed by atoms with Crippen molar-refractivity contribution in [3.8, 4) is 11.5 Å². The van der Waals surface area contributed by atoms with Gasteiger partial charge in [0.2, 0.25) is 5.91 Å². The van der Waals surface area contributed by atoms with E-state index in [4.69, 9.17) is 9.47 Å². The first kappa shape index (κ1) is 20.2. The third-order valence-electron chi connectivity index (χ3n) is 5.36. The number of hydrogen-bond acceptors (Lipinski definition) is 4. The van der Waals surface area contributed by atoms with Gasteiger partial charge in [0.05, 0.1) is 18.8 Å². The van der Waals surface area contributed by atoms with Crippen LogP contribution in [-0.4, -0.2) is 36.1 Å². The molecule has 0 spiro atoms. The van der Waals surface area contributed by atoms with Crippen LogP contribution >= 0.6 is 0 Å². The zero-order valence-corrected chi connectivity index (χ0v) is 17.2. The Bertz CT molecular complexity index is 804. The number of carbonyl (C=O) groups excluding carboxylic acids is 1. The van der Waals surface area contributed by atoms with E-state index < -0.39 is 5.54 Å². The highest BCUT2D eigenvalue weighted by Gasteiger charge is 2.46. The fourth-order valence-electron chi connectivity index (χ4n) is 3.50. The minimum absolute atomic E-state index is 0.0596. The first-order chi connectivity index (χ1) is 13.4. The molecule has 2 aromatic carbocycles. The summed E-state index contributed by atoms with van der Waals surface area (Å²) in [6, 6.07) is 15.9. The molecular weight excluding hydrogens is 352 g/mol. The molecular formula is C23H30N2O3. The van der Waals surface area contributed by atoms with Crippen LogP contribution in [0.5, 0.6) is 11.5 Å². The number of hydrogen-bond donors (Lipinski definition) is 1. The van der Waals surface area contributed by atoms with Crippen LogP contribution in [0.3, 0.4) is 0 Å². The van der Waals surface area contributed by atoms with Crippen molar-refractivity contribution in [1.29, 1.82) is 0 Å². The quantitative estimate of drug-likeness (QED) is 0.755. The molecule has 0 aromatic heterocycles. The maximum Gasteiger partial charge on any atom is 0.240 e. The fraction of sp³-hybridized carbons (Fsp3) is 0.435. The molecule has 1 N–H and O–H groups in total. The average molecular weight is 383 g/mol. The molecule has 0 radical (unpaired) electrons. The van der Waals surface area contributed by atoms with E-state index in [0.717, 1.165) is 36.6 Å². The molecule has 1 unspecified atom stereocenters. The van der Waals surface area contributed by atoms with Gasteiger partial charge in [-0.1, -0.05) is 30.3 Å². The van der Waals surface area contributed by atoms with E-state index in [9.17, 15) is 4.79 Å². The molecule has 0 aliphatic carbocycles. The summed E-state index contributed by atoms with van der Waals surface area (Å²) in [6.07, 6.45) is 1.02. The lowest BCUT2D eigenvalue weighted by atomic mass is 9.85. The Kier molecular flexibility index (Phi) is 6.25. The zero-order valence-electron chi connectivity index (χ0n) is 17.2. The topological polar surface area (TPSA) is 50.8 Å². The molecule has 1 heterocycles. The number of methoxy groups -OCH3 is 1. The predicted octanol–water partition coefficient (Wildman–Crippen LogP) is 3.76. The summed E-state index contributed by atoms with van der Waals surface area (Å²) in [5, 5.41) is 3.08. The lowest BCUT2D eigenvalue weighted by Crippen LogP contribution is -2.65. The van der Waals surface area contributed by atoms with Gasteiger partial charge in [0.15, 0.2) is 0 Å². The van der Waals surface area contributed by atoms with Gasteiger partial charge >= 0.3 is 0 Å². The molecule has 5 nitrogen and oxygen atoms in total. The highest BCUT2D eigenvalue weighted by molar-refractivity contribution is 5.87. The third-order valence-corrected chi connectivity index (χ3v) is 5.36. The van der Waals surface area contributed by atoms with Crippen molar-refractivity contribution in [2.24, 2.45) is 0 Å². The average Bonchev–Trinajstić information content (AvgIpc) is 2.69. The molecule has 0 saturated carbocycles. The molecule has 1 aliphatic heterocycles. The second kappa shape index (κ2) is 8.65. The summed E-state index contributed by atoms with van der Waals surface area (Å²) in [5.41, 5.74) is 1.68. The number of likely N-dealkylation sites (tertiary alicyclic amines) is 1. The van der Waals surface area contributed by atoms with Crippen molar-refractivity contribution < 1.29 is 14.3 Å². The number of nitrogens with zero attached hydrogens (tertiary/aromatic N) is 1. The summed E-state index contributed by atoms with van der Waals surface area (Å²) in [4.78, 5) is 15.1. The van der Waals surface area contributed by atoms with Gasteiger partial charge in [-0.25, -0.2) is 0 Å². The second-order valence-corrected chi connectivity index (χ2v) is 7.75. The van der Waals surface area contributed by atoms with Crippen molar-refractivity contribution in [3.63, 3.8) is 0 Å². The molecule has 1 atom stereocenters. The zero-order chi connectivity index (χ0) is 20.1. The van der Waals surface area contributed by atoms with Crippen LogP contribution in [0.1, 0.15) is 38.3 Å². The molecule has 3 rings (SSSR count). The molecule has 2 aromatic rings. The largest absolute Gasteiger partial charge is 0.496 e. The van der Waals surface area contributed by atoms with Crippen LogP contribution < -0.4 is 14.8 Å². The Labute approximate surface area is 167 Å². The Morgan fingerprint density at radius 3 is 2.50 bits per heavy atom. The minimum Gasteiger partial charge on any atom is -0.496 e. The first-order valence-electron chi connectivity index (χ1n) is 9.83. The van der Waals surface area contributed by atoms with Gasteiger partial charge in [0.1, 0.15) is 11.5 Å². The Morgan fingerprint density at radius 2 is 1.89 bits per heavy atom. The number of ether oxygens (including phenoxy) is 2. The Hall–Kier alpha value is -2.53. The van der Waals surface area contributed by atoms with Gasteiger partial charge < -0.3 is 14.8 Å². The smallest absolute Gasteiger partial charge is 0.240 e. The molecule has 1 fully saturated rings. The monoisotopic (exact) mass is 382 g/mol. The number of rotatable bonds is 8. The van der Waals surface area contributed by atoms with Crippen LogP contribution in [-0.2, 0) is 17.9 Å². The van der Waals surface area contributed by atoms with Crippen LogP contribution in [0.2, 0.25) is 0 Å². The van der Waals surface area contributed by atoms with Crippen LogP contribution in [0.25, 0.3) is 0 Å². The lowest BCUT2D eigenvalue weighted by Gasteiger charge is -2.49. The predicted molar refractivity (Wildman–Crippen MR) is 110 cm³/mol. The van der Waals surface area contributed by atoms with Crippen molar-refractivity contribution in [3.05, 3.63) is 59.7 Å². The van der Waals surface area contributed by atoms with Crippen LogP contribution in [0.4, 0.5) is 0 Å². The van der Waals surface area contributed by atoms with Crippen molar-refractivity contribution in [2.75, 3.05) is 13.7 Å². The molecule has 0 bridgehead atoms. The van der Waals surface area contributed by atoms with Crippen molar-refractivity contribution in [1.82, 2.24) is 10.2 Å². The first-order valence-corrected chi connectivity index (χ1v) is 9.83. The van der Waals surface area contributed by atoms with Crippen molar-refractivity contribution >= 4 is 5.91 Å². The Balaban J connectivity index is 1.58. The number of carbonyl (C=O) groups is 1. The van der Waals surface area contributed by atoms with Crippen molar-refractivity contribution in [2.45, 2.75) is 51.9 Å². The number of para-hydroxylation sites is 1. The summed E-state index contributed by atoms with van der Waals surface area (Å²) >= 11 is 0. The molecule has 150 valence electrons. The minimum atomic E-state index is -0.477. The Morgan fingerprint density at radius 1 is 1.18 bits per heavy atom. The highest BCUT2D eigenvalue weighted by atomic mass is 16.5. The molecule has 1 amide bonds. The van der Waals surface area contributed by atoms with E-state index in [0.29, 0.717) is 6.54 Å². The molecule has 5 heteroatoms. The van der Waals surface area contributed by atoms with E-state index >= 15 is 0 Å². The van der Waals surface area contributed by atoms with Gasteiger partial charge in [-0.05, 0) is 51.0 Å². The van der Waals surface area contributed by atoms with Crippen LogP contribution in [0.15, 0.2) is 48.5 Å². The van der Waals surface area contributed by atoms with E-state index in [1.807, 2.05) is 57.2 Å². The molecule has 1 saturated heterocycles. The van der Waals surface area contributed by atoms with E-state index in [1.165, 1.54) is 5.56 Å². The molecule has 28 heavy (non-hydrogen) atoms. The standard InChI is InChI=1S/C23H30N2O3/c1-17(2)28-20-11-9-18(10-12-20)16-25-14-13-23(25,3)22(26)24-15-19-7-5-6-8-21(19)27-4/h5-12,17H,13-16H2,1-4H3,(H,24,26). The van der Waals surface area contributed by atoms with Gasteiger partial charge in [-0.15, -0.1) is 0 Å². The summed E-state index contributed by atoms with van der Waals surface area (Å²) < 4.78 is 11.1. The SMILES string of the molecule is COc1ccccc1CNC(=O)C1(C)CCN1Cc1ccc(OC(C)C)cc1. The number of nitrogens with one attached hydrogen (secondary N) is 1. The third kappa shape index (κ3) is 4.47. The highest BCUT2D eigenvalue weighted by Crippen LogP contribution is 2.32. The van der Waals surface area contributed by atoms with Gasteiger partial charge in [-0.3, -0.25) is 9.69 Å². The van der Waals surface area contributed by atoms with Gasteiger partial charge in [0.25, 0.3) is 0 Å². The molecule has 1 aliphatic rings. The summed E-state index contributed by atoms with van der Waals surface area (Å²) in [7, 11) is 1.65. The van der Waals surface area contributed by atoms with Gasteiger partial charge in [-0.2, -0.15) is 0 Å². The number of amides is 1. The summed E-state index contributed by atoms with van der Waals surface area (Å²) in [6.45, 7) is 8.19. The van der Waals surface area contributed by atoms with E-state index in [2.05, 4.69) is 22.3 Å². The maximum absolute atomic E-state index is 12.9. The van der Waals surface area contributed by atoms with Crippen LogP contribution in [0, 0.1) is 0 Å². The number of benzene rings is 2. The fourth-order valence-corrected chi connectivity index (χ4v) is 3.50. The van der Waals surface area contributed by atoms with E-state index in [1.54, 1.807) is 7.11 Å². The second-order valence-electron chi connectivity index (χ2n) is 7.75. The van der Waals surface area contributed by atoms with Gasteiger partial charge in [0, 0.05) is 25.2 Å². The normalized spacial score (nSPS) is 19.2. The maximum atomic E-state index is 12.9. The van der Waals surface area contributed by atoms with E-state index in [-0.39, 0.29) is 12.0 Å². The lowest BCUT2D eigenvalue weighted by molar-refractivity contribution is -0.142. The summed E-state index contributed by atoms with van der Waals surface area (Å²) in [5.74, 6) is 1.73.